The maximum Gasteiger partial charge on any atom is 0.261 e. The molecule has 0 bridgehead atoms. The monoisotopic (exact) mass is 301 g/mol. The summed E-state index contributed by atoms with van der Waals surface area (Å²) in [5.41, 5.74) is 11.5. The molecule has 0 saturated carbocycles. The predicted molar refractivity (Wildman–Crippen MR) is 82.6 cm³/mol. The lowest BCUT2D eigenvalue weighted by Crippen LogP contribution is -2.12. The van der Waals surface area contributed by atoms with Gasteiger partial charge in [0.2, 0.25) is 0 Å². The van der Waals surface area contributed by atoms with E-state index in [9.17, 15) is 4.79 Å². The molecule has 0 aromatic carbocycles. The molecule has 0 aliphatic heterocycles. The topological polar surface area (TPSA) is 99.6 Å². The van der Waals surface area contributed by atoms with Crippen molar-refractivity contribution in [2.24, 2.45) is 5.73 Å². The van der Waals surface area contributed by atoms with Crippen molar-refractivity contribution in [3.8, 4) is 5.75 Å². The lowest BCUT2D eigenvalue weighted by atomic mass is 10.3. The van der Waals surface area contributed by atoms with Gasteiger partial charge in [0.15, 0.2) is 5.75 Å². The van der Waals surface area contributed by atoms with Crippen LogP contribution in [-0.2, 0) is 4.74 Å². The molecule has 0 atom stereocenters. The van der Waals surface area contributed by atoms with E-state index in [0.717, 1.165) is 11.4 Å². The van der Waals surface area contributed by atoms with Crippen molar-refractivity contribution in [3.05, 3.63) is 4.88 Å². The molecule has 1 aromatic rings. The number of thiophene rings is 1. The third-order valence-corrected chi connectivity index (χ3v) is 3.59. The molecule has 0 saturated heterocycles. The Kier molecular flexibility index (Phi) is 6.60. The van der Waals surface area contributed by atoms with Gasteiger partial charge in [-0.3, -0.25) is 4.79 Å². The molecule has 6 nitrogen and oxygen atoms in total. The predicted octanol–water partition coefficient (Wildman–Crippen LogP) is 2.05. The standard InChI is InChI=1S/C13H23N3O3S/c1-4-18-7-5-6-16-13-10(19-8(2)3)9(14)11(20-13)12(15)17/h8,16H,4-7,14H2,1-3H3,(H2,15,17). The van der Waals surface area contributed by atoms with Crippen LogP contribution >= 0.6 is 11.3 Å². The number of carbonyl (C=O) groups excluding carboxylic acids is 1. The first kappa shape index (κ1) is 16.6. The third kappa shape index (κ3) is 4.57. The molecular formula is C13H23N3O3S. The quantitative estimate of drug-likeness (QED) is 0.606. The van der Waals surface area contributed by atoms with Gasteiger partial charge in [-0.2, -0.15) is 0 Å². The molecule has 5 N–H and O–H groups in total. The lowest BCUT2D eigenvalue weighted by Gasteiger charge is -2.12. The van der Waals surface area contributed by atoms with E-state index in [1.165, 1.54) is 11.3 Å². The highest BCUT2D eigenvalue weighted by atomic mass is 32.1. The fraction of sp³-hybridized carbons (Fsp3) is 0.615. The van der Waals surface area contributed by atoms with Crippen molar-refractivity contribution in [2.45, 2.75) is 33.3 Å². The van der Waals surface area contributed by atoms with Crippen LogP contribution in [0.25, 0.3) is 0 Å². The van der Waals surface area contributed by atoms with Crippen molar-refractivity contribution in [2.75, 3.05) is 30.8 Å². The minimum Gasteiger partial charge on any atom is -0.486 e. The number of ether oxygens (including phenoxy) is 2. The number of nitrogens with one attached hydrogen (secondary N) is 1. The second-order valence-corrected chi connectivity index (χ2v) is 5.53. The molecule has 7 heteroatoms. The van der Waals surface area contributed by atoms with Gasteiger partial charge >= 0.3 is 0 Å². The van der Waals surface area contributed by atoms with E-state index >= 15 is 0 Å². The van der Waals surface area contributed by atoms with Gasteiger partial charge in [-0.15, -0.1) is 11.3 Å². The van der Waals surface area contributed by atoms with Gasteiger partial charge in [-0.25, -0.2) is 0 Å². The van der Waals surface area contributed by atoms with Crippen LogP contribution in [0.4, 0.5) is 10.7 Å². The molecule has 20 heavy (non-hydrogen) atoms. The van der Waals surface area contributed by atoms with Crippen molar-refractivity contribution in [1.29, 1.82) is 0 Å². The summed E-state index contributed by atoms with van der Waals surface area (Å²) in [5, 5.41) is 3.96. The van der Waals surface area contributed by atoms with Gasteiger partial charge in [-0.05, 0) is 27.2 Å². The fourth-order valence-corrected chi connectivity index (χ4v) is 2.53. The zero-order chi connectivity index (χ0) is 15.1. The van der Waals surface area contributed by atoms with Crippen LogP contribution < -0.4 is 21.5 Å². The molecule has 0 aliphatic rings. The van der Waals surface area contributed by atoms with E-state index in [2.05, 4.69) is 5.32 Å². The minimum absolute atomic E-state index is 0.0309. The number of carbonyl (C=O) groups is 1. The van der Waals surface area contributed by atoms with Gasteiger partial charge in [0, 0.05) is 19.8 Å². The second kappa shape index (κ2) is 7.96. The van der Waals surface area contributed by atoms with Gasteiger partial charge in [0.05, 0.1) is 6.10 Å². The van der Waals surface area contributed by atoms with Gasteiger partial charge < -0.3 is 26.3 Å². The molecule has 1 amide bonds. The zero-order valence-corrected chi connectivity index (χ0v) is 13.0. The highest BCUT2D eigenvalue weighted by molar-refractivity contribution is 7.19. The van der Waals surface area contributed by atoms with Crippen LogP contribution in [0.2, 0.25) is 0 Å². The Morgan fingerprint density at radius 3 is 2.70 bits per heavy atom. The lowest BCUT2D eigenvalue weighted by molar-refractivity contribution is 0.100. The summed E-state index contributed by atoms with van der Waals surface area (Å²) in [5.74, 6) is -0.0290. The summed E-state index contributed by atoms with van der Waals surface area (Å²) in [4.78, 5) is 11.7. The first-order valence-corrected chi connectivity index (χ1v) is 7.49. The molecule has 0 fully saturated rings. The summed E-state index contributed by atoms with van der Waals surface area (Å²) >= 11 is 1.22. The average Bonchev–Trinajstić information content (AvgIpc) is 2.67. The number of rotatable bonds is 9. The summed E-state index contributed by atoms with van der Waals surface area (Å²) in [6, 6.07) is 0. The molecule has 1 heterocycles. The van der Waals surface area contributed by atoms with E-state index in [1.54, 1.807) is 0 Å². The summed E-state index contributed by atoms with van der Waals surface area (Å²) < 4.78 is 10.9. The van der Waals surface area contributed by atoms with Gasteiger partial charge in [-0.1, -0.05) is 0 Å². The molecular weight excluding hydrogens is 278 g/mol. The first-order valence-electron chi connectivity index (χ1n) is 6.67. The van der Waals surface area contributed by atoms with Gasteiger partial charge in [0.25, 0.3) is 5.91 Å². The Bertz CT molecular complexity index is 446. The Morgan fingerprint density at radius 1 is 1.45 bits per heavy atom. The van der Waals surface area contributed by atoms with E-state index in [0.29, 0.717) is 36.1 Å². The van der Waals surface area contributed by atoms with Crippen LogP contribution in [0, 0.1) is 0 Å². The minimum atomic E-state index is -0.538. The third-order valence-electron chi connectivity index (χ3n) is 2.43. The highest BCUT2D eigenvalue weighted by Gasteiger charge is 2.21. The SMILES string of the molecule is CCOCCCNc1sc(C(N)=O)c(N)c1OC(C)C. The Morgan fingerprint density at radius 2 is 2.15 bits per heavy atom. The Balaban J connectivity index is 2.76. The van der Waals surface area contributed by atoms with Crippen LogP contribution in [0.1, 0.15) is 36.9 Å². The normalized spacial score (nSPS) is 10.8. The summed E-state index contributed by atoms with van der Waals surface area (Å²) in [6.45, 7) is 7.88. The van der Waals surface area contributed by atoms with E-state index in [4.69, 9.17) is 20.9 Å². The summed E-state index contributed by atoms with van der Waals surface area (Å²) in [6.07, 6.45) is 0.829. The molecule has 114 valence electrons. The van der Waals surface area contributed by atoms with Crippen molar-refractivity contribution in [1.82, 2.24) is 0 Å². The first-order chi connectivity index (χ1) is 9.47. The number of nitrogens with two attached hydrogens (primary N) is 2. The van der Waals surface area contributed by atoms with E-state index < -0.39 is 5.91 Å². The number of hydrogen-bond acceptors (Lipinski definition) is 6. The molecule has 1 rings (SSSR count). The number of amides is 1. The largest absolute Gasteiger partial charge is 0.486 e. The molecule has 1 aromatic heterocycles. The smallest absolute Gasteiger partial charge is 0.261 e. The second-order valence-electron chi connectivity index (χ2n) is 4.51. The van der Waals surface area contributed by atoms with Crippen LogP contribution in [0.3, 0.4) is 0 Å². The summed E-state index contributed by atoms with van der Waals surface area (Å²) in [7, 11) is 0. The van der Waals surface area contributed by atoms with E-state index in [1.807, 2.05) is 20.8 Å². The zero-order valence-electron chi connectivity index (χ0n) is 12.2. The fourth-order valence-electron chi connectivity index (χ4n) is 1.60. The molecule has 0 aliphatic carbocycles. The maximum absolute atomic E-state index is 11.3. The van der Waals surface area contributed by atoms with Crippen LogP contribution in [0.15, 0.2) is 0 Å². The van der Waals surface area contributed by atoms with Crippen LogP contribution in [-0.4, -0.2) is 31.8 Å². The Hall–Kier alpha value is -1.47. The molecule has 0 unspecified atom stereocenters. The van der Waals surface area contributed by atoms with Crippen molar-refractivity contribution >= 4 is 27.9 Å². The average molecular weight is 301 g/mol. The van der Waals surface area contributed by atoms with E-state index in [-0.39, 0.29) is 6.10 Å². The maximum atomic E-state index is 11.3. The van der Waals surface area contributed by atoms with Crippen molar-refractivity contribution < 1.29 is 14.3 Å². The van der Waals surface area contributed by atoms with Crippen molar-refractivity contribution in [3.63, 3.8) is 0 Å². The number of anilines is 2. The number of primary amides is 1. The Labute approximate surface area is 123 Å². The number of nitrogen functional groups attached to an aromatic ring is 1. The molecule has 0 spiro atoms. The van der Waals surface area contributed by atoms with Crippen LogP contribution in [0.5, 0.6) is 5.75 Å². The number of hydrogen-bond donors (Lipinski definition) is 3. The van der Waals surface area contributed by atoms with Gasteiger partial charge in [0.1, 0.15) is 15.6 Å². The highest BCUT2D eigenvalue weighted by Crippen LogP contribution is 2.42. The molecule has 0 radical (unpaired) electrons.